The van der Waals surface area contributed by atoms with E-state index in [1.54, 1.807) is 4.90 Å². The van der Waals surface area contributed by atoms with E-state index >= 15 is 0 Å². The molecule has 1 amide bonds. The van der Waals surface area contributed by atoms with Gasteiger partial charge in [-0.2, -0.15) is 0 Å². The monoisotopic (exact) mass is 553 g/mol. The van der Waals surface area contributed by atoms with Crippen molar-refractivity contribution in [3.8, 4) is 11.5 Å². The molecule has 1 aromatic heterocycles. The van der Waals surface area contributed by atoms with Crippen molar-refractivity contribution in [2.24, 2.45) is 5.90 Å². The van der Waals surface area contributed by atoms with Crippen LogP contribution in [-0.4, -0.2) is 35.7 Å². The molecule has 0 radical (unpaired) electrons. The number of nitrogens with two attached hydrogens (primary N) is 1. The maximum Gasteiger partial charge on any atom is 0.416 e. The molecule has 0 aliphatic carbocycles. The number of carbonyl (C=O) groups is 1. The zero-order valence-corrected chi connectivity index (χ0v) is 21.0. The number of rotatable bonds is 7. The largest absolute Gasteiger partial charge is 0.494 e. The Morgan fingerprint density at radius 1 is 1.06 bits per heavy atom. The maximum atomic E-state index is 13.3. The fourth-order valence-electron chi connectivity index (χ4n) is 4.54. The fraction of sp³-hybridized carbons (Fsp3) is 0.222. The second kappa shape index (κ2) is 10.7. The van der Waals surface area contributed by atoms with Crippen LogP contribution in [0, 0.1) is 5.82 Å². The second-order valence-electron chi connectivity index (χ2n) is 8.52. The number of hydrogen-bond donors (Lipinski definition) is 2. The van der Waals surface area contributed by atoms with E-state index in [0.29, 0.717) is 38.3 Å². The molecule has 0 spiro atoms. The van der Waals surface area contributed by atoms with Crippen LogP contribution in [-0.2, 0) is 11.3 Å². The highest BCUT2D eigenvalue weighted by atomic mass is 79.9. The number of ether oxygens (including phenoxy) is 2. The molecule has 186 valence electrons. The number of nitrogens with zero attached hydrogens (tertiary/aromatic N) is 1. The van der Waals surface area contributed by atoms with Crippen molar-refractivity contribution >= 4 is 32.9 Å². The third-order valence-electron chi connectivity index (χ3n) is 6.21. The summed E-state index contributed by atoms with van der Waals surface area (Å²) >= 11 is 3.57. The smallest absolute Gasteiger partial charge is 0.416 e. The molecule has 0 saturated heterocycles. The molecular weight excluding hydrogens is 529 g/mol. The summed E-state index contributed by atoms with van der Waals surface area (Å²) in [4.78, 5) is 23.1. The molecule has 9 heteroatoms. The quantitative estimate of drug-likeness (QED) is 0.220. The van der Waals surface area contributed by atoms with Crippen LogP contribution in [0.25, 0.3) is 10.9 Å². The summed E-state index contributed by atoms with van der Waals surface area (Å²) in [6.07, 6.45) is 0.850. The fourth-order valence-corrected chi connectivity index (χ4v) is 4.91. The molecule has 7 nitrogen and oxygen atoms in total. The van der Waals surface area contributed by atoms with Crippen molar-refractivity contribution in [1.82, 2.24) is 9.88 Å². The summed E-state index contributed by atoms with van der Waals surface area (Å²) in [5.41, 5.74) is 4.03. The van der Waals surface area contributed by atoms with Gasteiger partial charge in [-0.05, 0) is 72.1 Å². The van der Waals surface area contributed by atoms with Crippen molar-refractivity contribution < 1.29 is 23.5 Å². The zero-order chi connectivity index (χ0) is 25.1. The number of nitrogens with one attached hydrogen (secondary N) is 1. The van der Waals surface area contributed by atoms with E-state index in [0.717, 1.165) is 26.6 Å². The van der Waals surface area contributed by atoms with E-state index in [1.807, 2.05) is 36.4 Å². The van der Waals surface area contributed by atoms with Gasteiger partial charge in [-0.3, -0.25) is 4.90 Å². The Morgan fingerprint density at radius 2 is 1.81 bits per heavy atom. The highest BCUT2D eigenvalue weighted by Crippen LogP contribution is 2.40. The highest BCUT2D eigenvalue weighted by Gasteiger charge is 2.35. The Morgan fingerprint density at radius 3 is 2.56 bits per heavy atom. The average Bonchev–Trinajstić information content (AvgIpc) is 3.25. The molecule has 4 aromatic rings. The number of amides is 1. The SMILES string of the molecule is NOCCCOc1ccc(C2c3[nH]c4ccc(Br)cc4c3CCN2C(=O)Oc2ccc(F)cc2)cc1. The molecule has 1 aliphatic rings. The first-order valence-corrected chi connectivity index (χ1v) is 12.4. The van der Waals surface area contributed by atoms with E-state index in [4.69, 9.17) is 15.4 Å². The second-order valence-corrected chi connectivity index (χ2v) is 9.43. The molecule has 2 heterocycles. The molecule has 0 bridgehead atoms. The molecular formula is C27H25BrFN3O4. The van der Waals surface area contributed by atoms with Gasteiger partial charge in [-0.15, -0.1) is 0 Å². The number of H-pyrrole nitrogens is 1. The Balaban J connectivity index is 1.47. The van der Waals surface area contributed by atoms with Crippen LogP contribution in [0.1, 0.15) is 29.3 Å². The van der Waals surface area contributed by atoms with E-state index < -0.39 is 18.0 Å². The minimum Gasteiger partial charge on any atom is -0.494 e. The maximum absolute atomic E-state index is 13.3. The molecule has 5 rings (SSSR count). The van der Waals surface area contributed by atoms with Crippen LogP contribution in [0.5, 0.6) is 11.5 Å². The van der Waals surface area contributed by atoms with Crippen molar-refractivity contribution in [2.45, 2.75) is 18.9 Å². The Labute approximate surface area is 216 Å². The lowest BCUT2D eigenvalue weighted by Gasteiger charge is -2.35. The van der Waals surface area contributed by atoms with Crippen LogP contribution in [0.4, 0.5) is 9.18 Å². The summed E-state index contributed by atoms with van der Waals surface area (Å²) < 4.78 is 25.7. The zero-order valence-electron chi connectivity index (χ0n) is 19.4. The summed E-state index contributed by atoms with van der Waals surface area (Å²) in [6.45, 7) is 1.37. The summed E-state index contributed by atoms with van der Waals surface area (Å²) in [7, 11) is 0. The molecule has 3 aromatic carbocycles. The minimum atomic E-state index is -0.501. The number of aromatic amines is 1. The first kappa shape index (κ1) is 24.3. The lowest BCUT2D eigenvalue weighted by molar-refractivity contribution is 0.122. The first-order valence-electron chi connectivity index (χ1n) is 11.6. The third-order valence-corrected chi connectivity index (χ3v) is 6.71. The summed E-state index contributed by atoms with van der Waals surface area (Å²) in [5.74, 6) is 5.67. The Bertz CT molecular complexity index is 1360. The highest BCUT2D eigenvalue weighted by molar-refractivity contribution is 9.10. The predicted octanol–water partition coefficient (Wildman–Crippen LogP) is 5.88. The molecule has 0 saturated carbocycles. The Hall–Kier alpha value is -3.40. The van der Waals surface area contributed by atoms with Gasteiger partial charge < -0.3 is 19.3 Å². The van der Waals surface area contributed by atoms with Crippen LogP contribution in [0.3, 0.4) is 0 Å². The van der Waals surface area contributed by atoms with Gasteiger partial charge in [0.25, 0.3) is 0 Å². The van der Waals surface area contributed by atoms with Crippen molar-refractivity contribution in [3.05, 3.63) is 93.8 Å². The van der Waals surface area contributed by atoms with Crippen molar-refractivity contribution in [2.75, 3.05) is 19.8 Å². The van der Waals surface area contributed by atoms with Crippen LogP contribution in [0.15, 0.2) is 71.2 Å². The van der Waals surface area contributed by atoms with Crippen LogP contribution < -0.4 is 15.4 Å². The van der Waals surface area contributed by atoms with Crippen LogP contribution in [0.2, 0.25) is 0 Å². The lowest BCUT2D eigenvalue weighted by Crippen LogP contribution is -2.42. The lowest BCUT2D eigenvalue weighted by atomic mass is 9.92. The number of hydrogen-bond acceptors (Lipinski definition) is 5. The third kappa shape index (κ3) is 5.09. The van der Waals surface area contributed by atoms with E-state index in [9.17, 15) is 9.18 Å². The van der Waals surface area contributed by atoms with Crippen LogP contribution >= 0.6 is 15.9 Å². The molecule has 3 N–H and O–H groups in total. The van der Waals surface area contributed by atoms with Gasteiger partial charge in [0.15, 0.2) is 0 Å². The first-order chi connectivity index (χ1) is 17.5. The van der Waals surface area contributed by atoms with E-state index in [-0.39, 0.29) is 5.75 Å². The average molecular weight is 554 g/mol. The summed E-state index contributed by atoms with van der Waals surface area (Å²) in [6, 6.07) is 18.8. The summed E-state index contributed by atoms with van der Waals surface area (Å²) in [5, 5.41) is 1.12. The number of benzene rings is 3. The van der Waals surface area contributed by atoms with Gasteiger partial charge in [-0.1, -0.05) is 28.1 Å². The topological polar surface area (TPSA) is 89.8 Å². The van der Waals surface area contributed by atoms with Gasteiger partial charge in [0.05, 0.1) is 13.2 Å². The van der Waals surface area contributed by atoms with Gasteiger partial charge in [0.1, 0.15) is 23.4 Å². The molecule has 1 unspecified atom stereocenters. The van der Waals surface area contributed by atoms with Crippen molar-refractivity contribution in [1.29, 1.82) is 0 Å². The number of aromatic nitrogens is 1. The molecule has 0 fully saturated rings. The van der Waals surface area contributed by atoms with Gasteiger partial charge in [-0.25, -0.2) is 15.1 Å². The Kier molecular flexibility index (Phi) is 7.22. The molecule has 1 atom stereocenters. The van der Waals surface area contributed by atoms with Crippen molar-refractivity contribution in [3.63, 3.8) is 0 Å². The number of halogens is 2. The molecule has 36 heavy (non-hydrogen) atoms. The van der Waals surface area contributed by atoms with E-state index in [2.05, 4.69) is 31.8 Å². The molecule has 1 aliphatic heterocycles. The number of fused-ring (bicyclic) bond motifs is 3. The minimum absolute atomic E-state index is 0.289. The normalized spacial score (nSPS) is 15.1. The van der Waals surface area contributed by atoms with Gasteiger partial charge in [0.2, 0.25) is 0 Å². The number of carbonyl (C=O) groups excluding carboxylic acids is 1. The van der Waals surface area contributed by atoms with Gasteiger partial charge in [0, 0.05) is 34.0 Å². The van der Waals surface area contributed by atoms with E-state index in [1.165, 1.54) is 29.8 Å². The van der Waals surface area contributed by atoms with Gasteiger partial charge >= 0.3 is 6.09 Å². The predicted molar refractivity (Wildman–Crippen MR) is 137 cm³/mol. The standard InChI is InChI=1S/C27H25BrFN3O4/c28-18-4-11-24-23(16-18)22-12-13-32(27(33)36-21-9-5-19(29)6-10-21)26(25(22)31-24)17-2-7-20(8-3-17)34-14-1-15-35-30/h2-11,16,26,31H,1,12-15,30H2.